The molecule has 1 aliphatic carbocycles. The summed E-state index contributed by atoms with van der Waals surface area (Å²) in [6.07, 6.45) is 8.46. The average molecular weight is 311 g/mol. The van der Waals surface area contributed by atoms with E-state index in [2.05, 4.69) is 19.2 Å². The Morgan fingerprint density at radius 3 is 2.30 bits per heavy atom. The van der Waals surface area contributed by atoms with Gasteiger partial charge >= 0.3 is 0 Å². The molecule has 0 bridgehead atoms. The Hall–Kier alpha value is -2.16. The molecule has 23 heavy (non-hydrogen) atoms. The molecular weight excluding hydrogens is 286 g/mol. The Labute approximate surface area is 138 Å². The molecule has 122 valence electrons. The van der Waals surface area contributed by atoms with Crippen LogP contribution >= 0.6 is 0 Å². The van der Waals surface area contributed by atoms with E-state index in [0.29, 0.717) is 13.1 Å². The monoisotopic (exact) mass is 311 g/mol. The van der Waals surface area contributed by atoms with Crippen molar-refractivity contribution in [3.05, 3.63) is 60.2 Å². The zero-order valence-electron chi connectivity index (χ0n) is 13.7. The molecule has 2 rings (SSSR count). The van der Waals surface area contributed by atoms with E-state index in [1.165, 1.54) is 24.0 Å². The van der Waals surface area contributed by atoms with Gasteiger partial charge in [-0.25, -0.2) is 0 Å². The van der Waals surface area contributed by atoms with Crippen molar-refractivity contribution in [1.82, 2.24) is 4.90 Å². The lowest BCUT2D eigenvalue weighted by Crippen LogP contribution is -2.31. The lowest BCUT2D eigenvalue weighted by atomic mass is 9.89. The minimum absolute atomic E-state index is 0.0314. The molecule has 0 N–H and O–H groups in total. The van der Waals surface area contributed by atoms with Crippen LogP contribution in [0, 0.1) is 0 Å². The summed E-state index contributed by atoms with van der Waals surface area (Å²) < 4.78 is 0. The van der Waals surface area contributed by atoms with Gasteiger partial charge in [0.05, 0.1) is 0 Å². The summed E-state index contributed by atoms with van der Waals surface area (Å²) >= 11 is 0. The number of ketones is 1. The van der Waals surface area contributed by atoms with Crippen molar-refractivity contribution in [3.8, 4) is 0 Å². The van der Waals surface area contributed by atoms with E-state index in [4.69, 9.17) is 0 Å². The Bertz CT molecular complexity index is 594. The first-order valence-electron chi connectivity index (χ1n) is 8.30. The molecular formula is C20H25NO2. The summed E-state index contributed by atoms with van der Waals surface area (Å²) in [6, 6.07) is 6.00. The number of rotatable bonds is 8. The Balaban J connectivity index is 1.95. The highest BCUT2D eigenvalue weighted by atomic mass is 16.2. The summed E-state index contributed by atoms with van der Waals surface area (Å²) in [5.74, 6) is 0.0139. The molecule has 3 heteroatoms. The summed E-state index contributed by atoms with van der Waals surface area (Å²) in [5, 5.41) is 0. The summed E-state index contributed by atoms with van der Waals surface area (Å²) in [7, 11) is 0. The van der Waals surface area contributed by atoms with Crippen molar-refractivity contribution in [2.24, 2.45) is 0 Å². The van der Waals surface area contributed by atoms with Crippen LogP contribution in [0.1, 0.15) is 47.2 Å². The fourth-order valence-corrected chi connectivity index (χ4v) is 3.02. The van der Waals surface area contributed by atoms with Crippen LogP contribution < -0.4 is 0 Å². The maximum absolute atomic E-state index is 12.4. The number of benzene rings is 1. The molecule has 0 saturated carbocycles. The van der Waals surface area contributed by atoms with Crippen molar-refractivity contribution < 1.29 is 9.59 Å². The molecule has 0 spiro atoms. The molecule has 0 heterocycles. The first-order valence-corrected chi connectivity index (χ1v) is 8.30. The smallest absolute Gasteiger partial charge is 0.223 e. The number of hydrogen-bond donors (Lipinski definition) is 0. The van der Waals surface area contributed by atoms with E-state index in [1.807, 2.05) is 12.1 Å². The number of carbonyl (C=O) groups is 2. The second-order valence-electron chi connectivity index (χ2n) is 5.99. The topological polar surface area (TPSA) is 37.4 Å². The van der Waals surface area contributed by atoms with E-state index in [9.17, 15) is 9.59 Å². The third kappa shape index (κ3) is 4.65. The number of amides is 1. The number of hydrogen-bond acceptors (Lipinski definition) is 2. The van der Waals surface area contributed by atoms with E-state index in [0.717, 1.165) is 18.4 Å². The first-order chi connectivity index (χ1) is 11.2. The van der Waals surface area contributed by atoms with Crippen LogP contribution in [0.2, 0.25) is 0 Å². The Kier molecular flexibility index (Phi) is 6.33. The zero-order chi connectivity index (χ0) is 16.7. The summed E-state index contributed by atoms with van der Waals surface area (Å²) in [6.45, 7) is 8.28. The average Bonchev–Trinajstić information content (AvgIpc) is 2.58. The third-order valence-electron chi connectivity index (χ3n) is 4.29. The van der Waals surface area contributed by atoms with Gasteiger partial charge in [-0.1, -0.05) is 24.3 Å². The highest BCUT2D eigenvalue weighted by Gasteiger charge is 2.16. The third-order valence-corrected chi connectivity index (χ3v) is 4.29. The van der Waals surface area contributed by atoms with Crippen molar-refractivity contribution in [3.63, 3.8) is 0 Å². The fraction of sp³-hybridized carbons (Fsp3) is 0.400. The van der Waals surface area contributed by atoms with Crippen molar-refractivity contribution >= 4 is 11.7 Å². The molecule has 0 atom stereocenters. The normalized spacial score (nSPS) is 13.0. The molecule has 0 radical (unpaired) electrons. The second-order valence-corrected chi connectivity index (χ2v) is 5.99. The minimum atomic E-state index is -0.0314. The van der Waals surface area contributed by atoms with E-state index in [1.54, 1.807) is 17.1 Å². The quantitative estimate of drug-likeness (QED) is 0.542. The number of Topliss-reactive ketones (excluding diaryl/α,β-unsaturated/α-hetero) is 1. The van der Waals surface area contributed by atoms with Crippen LogP contribution in [0.25, 0.3) is 0 Å². The van der Waals surface area contributed by atoms with Crippen molar-refractivity contribution in [1.29, 1.82) is 0 Å². The van der Waals surface area contributed by atoms with Gasteiger partial charge in [-0.05, 0) is 42.9 Å². The van der Waals surface area contributed by atoms with Crippen molar-refractivity contribution in [2.75, 3.05) is 13.1 Å². The predicted octanol–water partition coefficient (Wildman–Crippen LogP) is 3.73. The van der Waals surface area contributed by atoms with Gasteiger partial charge in [0.15, 0.2) is 5.78 Å². The lowest BCUT2D eigenvalue weighted by molar-refractivity contribution is -0.130. The van der Waals surface area contributed by atoms with Gasteiger partial charge in [0, 0.05) is 31.5 Å². The zero-order valence-corrected chi connectivity index (χ0v) is 13.7. The van der Waals surface area contributed by atoms with Crippen LogP contribution in [0.5, 0.6) is 0 Å². The number of aryl methyl sites for hydroxylation is 2. The predicted molar refractivity (Wildman–Crippen MR) is 93.6 cm³/mol. The van der Waals surface area contributed by atoms with Crippen molar-refractivity contribution in [2.45, 2.75) is 38.5 Å². The maximum atomic E-state index is 12.4. The molecule has 1 aromatic carbocycles. The van der Waals surface area contributed by atoms with Crippen LogP contribution in [-0.2, 0) is 17.6 Å². The van der Waals surface area contributed by atoms with E-state index in [-0.39, 0.29) is 24.5 Å². The molecule has 1 amide bonds. The minimum Gasteiger partial charge on any atom is -0.335 e. The number of carbonyl (C=O) groups excluding carboxylic acids is 2. The molecule has 1 aliphatic rings. The molecule has 0 unspecified atom stereocenters. The van der Waals surface area contributed by atoms with Crippen LogP contribution in [0.3, 0.4) is 0 Å². The highest BCUT2D eigenvalue weighted by molar-refractivity contribution is 5.98. The molecule has 1 aromatic rings. The van der Waals surface area contributed by atoms with Crippen LogP contribution in [0.4, 0.5) is 0 Å². The SMILES string of the molecule is C=CCN(CC=C)C(=O)CCC(=O)c1ccc2c(c1)CCCC2. The summed E-state index contributed by atoms with van der Waals surface area (Å²) in [4.78, 5) is 26.2. The van der Waals surface area contributed by atoms with Gasteiger partial charge in [0.2, 0.25) is 5.91 Å². The second kappa shape index (κ2) is 8.47. The van der Waals surface area contributed by atoms with Gasteiger partial charge < -0.3 is 4.90 Å². The van der Waals surface area contributed by atoms with Gasteiger partial charge in [-0.15, -0.1) is 13.2 Å². The lowest BCUT2D eigenvalue weighted by Gasteiger charge is -2.19. The molecule has 3 nitrogen and oxygen atoms in total. The highest BCUT2D eigenvalue weighted by Crippen LogP contribution is 2.23. The molecule has 0 aliphatic heterocycles. The van der Waals surface area contributed by atoms with Gasteiger partial charge in [0.25, 0.3) is 0 Å². The van der Waals surface area contributed by atoms with E-state index < -0.39 is 0 Å². The number of nitrogens with zero attached hydrogens (tertiary/aromatic N) is 1. The Morgan fingerprint density at radius 1 is 1.00 bits per heavy atom. The summed E-state index contributed by atoms with van der Waals surface area (Å²) in [5.41, 5.74) is 3.40. The Morgan fingerprint density at radius 2 is 1.65 bits per heavy atom. The van der Waals surface area contributed by atoms with Gasteiger partial charge in [-0.3, -0.25) is 9.59 Å². The number of fused-ring (bicyclic) bond motifs is 1. The fourth-order valence-electron chi connectivity index (χ4n) is 3.02. The molecule has 0 saturated heterocycles. The van der Waals surface area contributed by atoms with Gasteiger partial charge in [-0.2, -0.15) is 0 Å². The maximum Gasteiger partial charge on any atom is 0.223 e. The molecule has 0 aromatic heterocycles. The van der Waals surface area contributed by atoms with Gasteiger partial charge in [0.1, 0.15) is 0 Å². The van der Waals surface area contributed by atoms with Crippen LogP contribution in [0.15, 0.2) is 43.5 Å². The van der Waals surface area contributed by atoms with E-state index >= 15 is 0 Å². The van der Waals surface area contributed by atoms with Crippen LogP contribution in [-0.4, -0.2) is 29.7 Å². The first kappa shape index (κ1) is 17.2. The molecule has 0 fully saturated rings. The standard InChI is InChI=1S/C20H25NO2/c1-3-13-21(14-4-2)20(23)12-11-19(22)18-10-9-16-7-5-6-8-17(16)15-18/h3-4,9-10,15H,1-2,5-8,11-14H2. The largest absolute Gasteiger partial charge is 0.335 e.